The topological polar surface area (TPSA) is 64.1 Å². The number of aromatic nitrogens is 2. The van der Waals surface area contributed by atoms with E-state index in [0.29, 0.717) is 16.6 Å². The van der Waals surface area contributed by atoms with Gasteiger partial charge >= 0.3 is 0 Å². The van der Waals surface area contributed by atoms with Crippen molar-refractivity contribution < 1.29 is 9.53 Å². The van der Waals surface area contributed by atoms with Crippen molar-refractivity contribution in [2.45, 2.75) is 26.2 Å². The zero-order chi connectivity index (χ0) is 17.4. The van der Waals surface area contributed by atoms with E-state index < -0.39 is 0 Å². The Morgan fingerprint density at radius 2 is 2.24 bits per heavy atom. The Morgan fingerprint density at radius 1 is 1.36 bits per heavy atom. The van der Waals surface area contributed by atoms with Gasteiger partial charge in [0.15, 0.2) is 6.61 Å². The zero-order valence-electron chi connectivity index (χ0n) is 13.6. The van der Waals surface area contributed by atoms with Crippen LogP contribution in [0.2, 0.25) is 5.02 Å². The summed E-state index contributed by atoms with van der Waals surface area (Å²) in [6.45, 7) is 1.75. The highest BCUT2D eigenvalue weighted by Crippen LogP contribution is 2.39. The van der Waals surface area contributed by atoms with E-state index in [4.69, 9.17) is 16.3 Å². The lowest BCUT2D eigenvalue weighted by Crippen LogP contribution is -2.21. The fourth-order valence-electron chi connectivity index (χ4n) is 3.07. The van der Waals surface area contributed by atoms with Crippen molar-refractivity contribution in [3.8, 4) is 5.88 Å². The molecule has 1 amide bonds. The van der Waals surface area contributed by atoms with Crippen LogP contribution in [0.1, 0.15) is 22.4 Å². The number of hydrogen-bond donors (Lipinski definition) is 1. The number of amides is 1. The molecule has 1 aromatic carbocycles. The van der Waals surface area contributed by atoms with Gasteiger partial charge < -0.3 is 10.1 Å². The SMILES string of the molecule is Cc1c(Cl)cccc1NC(=O)COc1ncnc2sc3c(c12)CCC3. The molecule has 4 rings (SSSR count). The van der Waals surface area contributed by atoms with Crippen LogP contribution in [0, 0.1) is 6.92 Å². The maximum absolute atomic E-state index is 12.2. The van der Waals surface area contributed by atoms with Gasteiger partial charge in [-0.25, -0.2) is 9.97 Å². The lowest BCUT2D eigenvalue weighted by molar-refractivity contribution is -0.118. The highest BCUT2D eigenvalue weighted by Gasteiger charge is 2.22. The Morgan fingerprint density at radius 3 is 3.12 bits per heavy atom. The van der Waals surface area contributed by atoms with Crippen LogP contribution in [0.3, 0.4) is 0 Å². The third kappa shape index (κ3) is 3.07. The van der Waals surface area contributed by atoms with Gasteiger partial charge in [0, 0.05) is 15.6 Å². The second-order valence-corrected chi connectivity index (χ2v) is 7.46. The molecule has 0 aliphatic heterocycles. The fourth-order valence-corrected chi connectivity index (χ4v) is 4.47. The number of anilines is 1. The van der Waals surface area contributed by atoms with Crippen molar-refractivity contribution in [3.63, 3.8) is 0 Å². The van der Waals surface area contributed by atoms with E-state index in [1.54, 1.807) is 23.5 Å². The second kappa shape index (κ2) is 6.61. The van der Waals surface area contributed by atoms with Gasteiger partial charge in [-0.2, -0.15) is 0 Å². The number of carbonyl (C=O) groups excluding carboxylic acids is 1. The Bertz CT molecular complexity index is 970. The molecular formula is C18H16ClN3O2S. The van der Waals surface area contributed by atoms with Crippen molar-refractivity contribution in [1.82, 2.24) is 9.97 Å². The molecule has 0 fully saturated rings. The van der Waals surface area contributed by atoms with Gasteiger partial charge in [-0.3, -0.25) is 4.79 Å². The lowest BCUT2D eigenvalue weighted by Gasteiger charge is -2.10. The van der Waals surface area contributed by atoms with Crippen molar-refractivity contribution in [2.75, 3.05) is 11.9 Å². The molecule has 0 unspecified atom stereocenters. The van der Waals surface area contributed by atoms with Crippen LogP contribution >= 0.6 is 22.9 Å². The van der Waals surface area contributed by atoms with Crippen LogP contribution in [-0.4, -0.2) is 22.5 Å². The molecule has 1 N–H and O–H groups in total. The summed E-state index contributed by atoms with van der Waals surface area (Å²) in [5, 5.41) is 4.41. The summed E-state index contributed by atoms with van der Waals surface area (Å²) in [5.74, 6) is 0.242. The molecule has 1 aliphatic carbocycles. The number of benzene rings is 1. The van der Waals surface area contributed by atoms with Crippen molar-refractivity contribution in [3.05, 3.63) is 45.6 Å². The molecule has 0 bridgehead atoms. The van der Waals surface area contributed by atoms with E-state index in [0.717, 1.165) is 35.0 Å². The van der Waals surface area contributed by atoms with Crippen LogP contribution in [0.5, 0.6) is 5.88 Å². The van der Waals surface area contributed by atoms with E-state index in [1.807, 2.05) is 13.0 Å². The molecular weight excluding hydrogens is 358 g/mol. The quantitative estimate of drug-likeness (QED) is 0.745. The van der Waals surface area contributed by atoms with E-state index >= 15 is 0 Å². The first kappa shape index (κ1) is 16.3. The molecule has 2 heterocycles. The van der Waals surface area contributed by atoms with Crippen LogP contribution in [0.4, 0.5) is 5.69 Å². The minimum absolute atomic E-state index is 0.108. The number of fused-ring (bicyclic) bond motifs is 3. The number of nitrogens with one attached hydrogen (secondary N) is 1. The number of thiophene rings is 1. The number of aryl methyl sites for hydroxylation is 2. The van der Waals surface area contributed by atoms with Gasteiger partial charge in [0.05, 0.1) is 5.39 Å². The normalized spacial score (nSPS) is 13.0. The number of carbonyl (C=O) groups is 1. The molecule has 0 atom stereocenters. The maximum Gasteiger partial charge on any atom is 0.262 e. The molecule has 5 nitrogen and oxygen atoms in total. The summed E-state index contributed by atoms with van der Waals surface area (Å²) in [6.07, 6.45) is 4.75. The van der Waals surface area contributed by atoms with E-state index in [1.165, 1.54) is 16.8 Å². The highest BCUT2D eigenvalue weighted by molar-refractivity contribution is 7.18. The van der Waals surface area contributed by atoms with Gasteiger partial charge in [0.25, 0.3) is 5.91 Å². The first-order chi connectivity index (χ1) is 12.1. The minimum atomic E-state index is -0.246. The number of nitrogens with zero attached hydrogens (tertiary/aromatic N) is 2. The van der Waals surface area contributed by atoms with Gasteiger partial charge in [-0.05, 0) is 49.4 Å². The molecule has 2 aromatic heterocycles. The Kier molecular flexibility index (Phi) is 4.31. The summed E-state index contributed by atoms with van der Waals surface area (Å²) < 4.78 is 5.72. The van der Waals surface area contributed by atoms with Crippen LogP contribution in [0.15, 0.2) is 24.5 Å². The van der Waals surface area contributed by atoms with Gasteiger partial charge in [-0.1, -0.05) is 17.7 Å². The molecule has 3 aromatic rings. The zero-order valence-corrected chi connectivity index (χ0v) is 15.2. The average Bonchev–Trinajstić information content (AvgIpc) is 3.18. The van der Waals surface area contributed by atoms with Crippen molar-refractivity contribution in [1.29, 1.82) is 0 Å². The smallest absolute Gasteiger partial charge is 0.262 e. The maximum atomic E-state index is 12.2. The monoisotopic (exact) mass is 373 g/mol. The average molecular weight is 374 g/mol. The number of rotatable bonds is 4. The minimum Gasteiger partial charge on any atom is -0.467 e. The predicted molar refractivity (Wildman–Crippen MR) is 99.8 cm³/mol. The Hall–Kier alpha value is -2.18. The summed E-state index contributed by atoms with van der Waals surface area (Å²) in [7, 11) is 0. The van der Waals surface area contributed by atoms with Gasteiger partial charge in [0.1, 0.15) is 11.2 Å². The highest BCUT2D eigenvalue weighted by atomic mass is 35.5. The molecule has 25 heavy (non-hydrogen) atoms. The first-order valence-corrected chi connectivity index (χ1v) is 9.26. The molecule has 0 radical (unpaired) electrons. The van der Waals surface area contributed by atoms with Crippen molar-refractivity contribution in [2.24, 2.45) is 0 Å². The molecule has 0 saturated heterocycles. The summed E-state index contributed by atoms with van der Waals surface area (Å²) >= 11 is 7.77. The van der Waals surface area contributed by atoms with Crippen LogP contribution in [-0.2, 0) is 17.6 Å². The van der Waals surface area contributed by atoms with Gasteiger partial charge in [-0.15, -0.1) is 11.3 Å². The standard InChI is InChI=1S/C18H16ClN3O2S/c1-10-12(19)5-3-6-13(10)22-15(23)8-24-17-16-11-4-2-7-14(11)25-18(16)21-9-20-17/h3,5-6,9H,2,4,7-8H2,1H3,(H,22,23). The summed E-state index contributed by atoms with van der Waals surface area (Å²) in [4.78, 5) is 23.1. The van der Waals surface area contributed by atoms with E-state index in [9.17, 15) is 4.79 Å². The molecule has 1 aliphatic rings. The predicted octanol–water partition coefficient (Wildman–Crippen LogP) is 4.16. The molecule has 128 valence electrons. The van der Waals surface area contributed by atoms with Crippen molar-refractivity contribution >= 4 is 44.7 Å². The fraction of sp³-hybridized carbons (Fsp3) is 0.278. The number of hydrogen-bond acceptors (Lipinski definition) is 5. The number of ether oxygens (including phenoxy) is 1. The molecule has 7 heteroatoms. The molecule has 0 saturated carbocycles. The summed E-state index contributed by atoms with van der Waals surface area (Å²) in [6, 6.07) is 5.40. The van der Waals surface area contributed by atoms with E-state index in [-0.39, 0.29) is 12.5 Å². The number of halogens is 1. The summed E-state index contributed by atoms with van der Waals surface area (Å²) in [5.41, 5.74) is 2.80. The largest absolute Gasteiger partial charge is 0.467 e. The Labute approximate surface area is 154 Å². The van der Waals surface area contributed by atoms with Crippen LogP contribution in [0.25, 0.3) is 10.2 Å². The van der Waals surface area contributed by atoms with Gasteiger partial charge in [0.2, 0.25) is 5.88 Å². The molecule has 0 spiro atoms. The second-order valence-electron chi connectivity index (χ2n) is 5.97. The third-order valence-corrected chi connectivity index (χ3v) is 5.96. The third-order valence-electron chi connectivity index (χ3n) is 4.35. The lowest BCUT2D eigenvalue weighted by atomic mass is 10.2. The Balaban J connectivity index is 1.51. The van der Waals surface area contributed by atoms with Crippen LogP contribution < -0.4 is 10.1 Å². The van der Waals surface area contributed by atoms with E-state index in [2.05, 4.69) is 15.3 Å². The first-order valence-electron chi connectivity index (χ1n) is 8.06.